The van der Waals surface area contributed by atoms with Crippen LogP contribution < -0.4 is 25.0 Å². The van der Waals surface area contributed by atoms with Crippen molar-refractivity contribution >= 4 is 28.8 Å². The van der Waals surface area contributed by atoms with Crippen molar-refractivity contribution in [3.05, 3.63) is 42.1 Å². The van der Waals surface area contributed by atoms with E-state index in [9.17, 15) is 0 Å². The summed E-state index contributed by atoms with van der Waals surface area (Å²) in [7, 11) is 0. The molecule has 2 N–H and O–H groups in total. The van der Waals surface area contributed by atoms with Crippen molar-refractivity contribution in [1.29, 1.82) is 0 Å². The Morgan fingerprint density at radius 3 is 2.68 bits per heavy atom. The van der Waals surface area contributed by atoms with Crippen LogP contribution in [0.25, 0.3) is 0 Å². The van der Waals surface area contributed by atoms with E-state index in [0.717, 1.165) is 47.6 Å². The number of hydrogen-bond acceptors (Lipinski definition) is 5. The lowest BCUT2D eigenvalue weighted by Crippen LogP contribution is -2.33. The Balaban J connectivity index is 1.28. The number of piperidine rings is 1. The topological polar surface area (TPSA) is 58.7 Å². The fraction of sp³-hybridized carbons (Fsp3) is 0.429. The zero-order chi connectivity index (χ0) is 19.3. The molecule has 3 heterocycles. The van der Waals surface area contributed by atoms with Crippen molar-refractivity contribution in [2.45, 2.75) is 26.3 Å². The minimum atomic E-state index is 0.566. The van der Waals surface area contributed by atoms with Crippen LogP contribution in [0.2, 0.25) is 0 Å². The molecule has 148 valence electrons. The van der Waals surface area contributed by atoms with E-state index in [1.54, 1.807) is 0 Å². The molecule has 4 rings (SSSR count). The summed E-state index contributed by atoms with van der Waals surface area (Å²) < 4.78 is 11.2. The molecule has 1 aromatic heterocycles. The molecule has 0 atom stereocenters. The van der Waals surface area contributed by atoms with Gasteiger partial charge in [0.15, 0.2) is 16.6 Å². The molecule has 0 saturated carbocycles. The average Bonchev–Trinajstić information content (AvgIpc) is 2.73. The standard InChI is InChI=1S/C21H26N4O2S/c1-15-6-8-25(9-7-15)20-5-3-17(14-22-20)24-21(28)23-13-16-2-4-18-19(12-16)27-11-10-26-18/h2-5,12,14-15H,6-11,13H2,1H3,(H2,23,24,28). The van der Waals surface area contributed by atoms with E-state index in [1.807, 2.05) is 30.5 Å². The van der Waals surface area contributed by atoms with Crippen molar-refractivity contribution in [3.8, 4) is 11.5 Å². The molecule has 0 bridgehead atoms. The van der Waals surface area contributed by atoms with Crippen molar-refractivity contribution in [1.82, 2.24) is 10.3 Å². The normalized spacial score (nSPS) is 16.5. The van der Waals surface area contributed by atoms with Gasteiger partial charge in [0.05, 0.1) is 11.9 Å². The maximum atomic E-state index is 5.62. The number of rotatable bonds is 4. The van der Waals surface area contributed by atoms with Gasteiger partial charge in [-0.05, 0) is 60.8 Å². The number of benzene rings is 1. The predicted molar refractivity (Wildman–Crippen MR) is 115 cm³/mol. The van der Waals surface area contributed by atoms with Crippen LogP contribution in [0.3, 0.4) is 0 Å². The number of pyridine rings is 1. The van der Waals surface area contributed by atoms with Gasteiger partial charge in [-0.1, -0.05) is 13.0 Å². The fourth-order valence-electron chi connectivity index (χ4n) is 3.44. The zero-order valence-electron chi connectivity index (χ0n) is 16.1. The second kappa shape index (κ2) is 8.65. The Bertz CT molecular complexity index is 820. The van der Waals surface area contributed by atoms with E-state index in [-0.39, 0.29) is 0 Å². The van der Waals surface area contributed by atoms with Crippen LogP contribution in [-0.2, 0) is 6.54 Å². The van der Waals surface area contributed by atoms with E-state index < -0.39 is 0 Å². The van der Waals surface area contributed by atoms with Gasteiger partial charge in [-0.3, -0.25) is 0 Å². The predicted octanol–water partition coefficient (Wildman–Crippen LogP) is 3.58. The minimum absolute atomic E-state index is 0.566. The first-order chi connectivity index (χ1) is 13.7. The van der Waals surface area contributed by atoms with Crippen molar-refractivity contribution in [2.75, 3.05) is 36.5 Å². The van der Waals surface area contributed by atoms with Gasteiger partial charge in [0.25, 0.3) is 0 Å². The third-order valence-corrected chi connectivity index (χ3v) is 5.42. The second-order valence-corrected chi connectivity index (χ2v) is 7.77. The molecule has 1 fully saturated rings. The second-order valence-electron chi connectivity index (χ2n) is 7.36. The number of nitrogens with zero attached hydrogens (tertiary/aromatic N) is 2. The molecular weight excluding hydrogens is 372 g/mol. The van der Waals surface area contributed by atoms with Gasteiger partial charge in [0, 0.05) is 19.6 Å². The fourth-order valence-corrected chi connectivity index (χ4v) is 3.63. The maximum Gasteiger partial charge on any atom is 0.171 e. The summed E-state index contributed by atoms with van der Waals surface area (Å²) in [5, 5.41) is 6.98. The molecule has 28 heavy (non-hydrogen) atoms. The van der Waals surface area contributed by atoms with E-state index in [2.05, 4.69) is 33.5 Å². The first-order valence-electron chi connectivity index (χ1n) is 9.82. The minimum Gasteiger partial charge on any atom is -0.486 e. The Hall–Kier alpha value is -2.54. The van der Waals surface area contributed by atoms with Gasteiger partial charge in [-0.15, -0.1) is 0 Å². The van der Waals surface area contributed by atoms with Crippen molar-refractivity contribution < 1.29 is 9.47 Å². The molecule has 7 heteroatoms. The van der Waals surface area contributed by atoms with Crippen LogP contribution in [-0.4, -0.2) is 36.4 Å². The van der Waals surface area contributed by atoms with E-state index >= 15 is 0 Å². The molecule has 0 amide bonds. The average molecular weight is 399 g/mol. The smallest absolute Gasteiger partial charge is 0.171 e. The van der Waals surface area contributed by atoms with Crippen LogP contribution in [0.4, 0.5) is 11.5 Å². The summed E-state index contributed by atoms with van der Waals surface area (Å²) in [5.74, 6) is 3.43. The summed E-state index contributed by atoms with van der Waals surface area (Å²) in [6.45, 7) is 6.27. The molecule has 2 aliphatic heterocycles. The maximum absolute atomic E-state index is 5.62. The van der Waals surface area contributed by atoms with E-state index in [0.29, 0.717) is 24.9 Å². The molecule has 2 aromatic rings. The first-order valence-corrected chi connectivity index (χ1v) is 10.2. The van der Waals surface area contributed by atoms with Crippen LogP contribution in [0, 0.1) is 5.92 Å². The number of fused-ring (bicyclic) bond motifs is 1. The molecule has 2 aliphatic rings. The Labute approximate surface area is 171 Å². The van der Waals surface area contributed by atoms with E-state index in [1.165, 1.54) is 12.8 Å². The number of nitrogens with one attached hydrogen (secondary N) is 2. The molecular formula is C21H26N4O2S. The molecule has 0 aliphatic carbocycles. The molecule has 1 aromatic carbocycles. The van der Waals surface area contributed by atoms with Crippen LogP contribution >= 0.6 is 12.2 Å². The molecule has 1 saturated heterocycles. The molecule has 6 nitrogen and oxygen atoms in total. The SMILES string of the molecule is CC1CCN(c2ccc(NC(=S)NCc3ccc4c(c3)OCCO4)cn2)CC1. The highest BCUT2D eigenvalue weighted by atomic mass is 32.1. The van der Waals surface area contributed by atoms with Crippen LogP contribution in [0.5, 0.6) is 11.5 Å². The first kappa shape index (κ1) is 18.8. The van der Waals surface area contributed by atoms with E-state index in [4.69, 9.17) is 21.7 Å². The number of hydrogen-bond donors (Lipinski definition) is 2. The van der Waals surface area contributed by atoms with Gasteiger partial charge < -0.3 is 25.0 Å². The molecule has 0 unspecified atom stereocenters. The quantitative estimate of drug-likeness (QED) is 0.764. The Morgan fingerprint density at radius 1 is 1.14 bits per heavy atom. The largest absolute Gasteiger partial charge is 0.486 e. The summed E-state index contributed by atoms with van der Waals surface area (Å²) >= 11 is 5.41. The van der Waals surface area contributed by atoms with Crippen molar-refractivity contribution in [3.63, 3.8) is 0 Å². The lowest BCUT2D eigenvalue weighted by molar-refractivity contribution is 0.171. The van der Waals surface area contributed by atoms with Crippen LogP contribution in [0.15, 0.2) is 36.5 Å². The third kappa shape index (κ3) is 4.65. The number of ether oxygens (including phenoxy) is 2. The summed E-state index contributed by atoms with van der Waals surface area (Å²) in [6, 6.07) is 10.0. The third-order valence-electron chi connectivity index (χ3n) is 5.17. The van der Waals surface area contributed by atoms with Gasteiger partial charge in [-0.25, -0.2) is 4.98 Å². The lowest BCUT2D eigenvalue weighted by atomic mass is 9.99. The molecule has 0 spiro atoms. The van der Waals surface area contributed by atoms with Gasteiger partial charge in [-0.2, -0.15) is 0 Å². The number of thiocarbonyl (C=S) groups is 1. The lowest BCUT2D eigenvalue weighted by Gasteiger charge is -2.31. The van der Waals surface area contributed by atoms with Gasteiger partial charge in [0.2, 0.25) is 0 Å². The highest BCUT2D eigenvalue weighted by molar-refractivity contribution is 7.80. The van der Waals surface area contributed by atoms with Gasteiger partial charge >= 0.3 is 0 Å². The number of aromatic nitrogens is 1. The summed E-state index contributed by atoms with van der Waals surface area (Å²) in [4.78, 5) is 6.94. The monoisotopic (exact) mass is 398 g/mol. The Morgan fingerprint density at radius 2 is 1.93 bits per heavy atom. The van der Waals surface area contributed by atoms with Gasteiger partial charge in [0.1, 0.15) is 19.0 Å². The highest BCUT2D eigenvalue weighted by Crippen LogP contribution is 2.30. The zero-order valence-corrected chi connectivity index (χ0v) is 16.9. The van der Waals surface area contributed by atoms with Crippen molar-refractivity contribution in [2.24, 2.45) is 5.92 Å². The Kier molecular flexibility index (Phi) is 5.81. The summed E-state index contributed by atoms with van der Waals surface area (Å²) in [6.07, 6.45) is 4.30. The molecule has 0 radical (unpaired) electrons. The number of anilines is 2. The summed E-state index contributed by atoms with van der Waals surface area (Å²) in [5.41, 5.74) is 1.97. The van der Waals surface area contributed by atoms with Crippen LogP contribution in [0.1, 0.15) is 25.3 Å². The highest BCUT2D eigenvalue weighted by Gasteiger charge is 2.16.